The van der Waals surface area contributed by atoms with Crippen molar-refractivity contribution < 1.29 is 9.32 Å². The van der Waals surface area contributed by atoms with E-state index >= 15 is 0 Å². The lowest BCUT2D eigenvalue weighted by Gasteiger charge is -2.34. The summed E-state index contributed by atoms with van der Waals surface area (Å²) in [6.07, 6.45) is 1.69. The highest BCUT2D eigenvalue weighted by Crippen LogP contribution is 2.37. The molecule has 0 radical (unpaired) electrons. The van der Waals surface area contributed by atoms with E-state index in [4.69, 9.17) is 4.52 Å². The zero-order valence-electron chi connectivity index (χ0n) is 16.4. The Morgan fingerprint density at radius 2 is 1.86 bits per heavy atom. The number of nitrogens with one attached hydrogen (secondary N) is 1. The molecule has 1 aliphatic heterocycles. The molecular weight excluding hydrogens is 364 g/mol. The van der Waals surface area contributed by atoms with Gasteiger partial charge in [0.1, 0.15) is 0 Å². The van der Waals surface area contributed by atoms with Crippen LogP contribution >= 0.6 is 0 Å². The van der Waals surface area contributed by atoms with Crippen LogP contribution in [0.3, 0.4) is 0 Å². The van der Waals surface area contributed by atoms with Crippen LogP contribution in [0.15, 0.2) is 77.5 Å². The summed E-state index contributed by atoms with van der Waals surface area (Å²) in [4.78, 5) is 18.9. The Morgan fingerprint density at radius 3 is 2.55 bits per heavy atom. The standard InChI is InChI=1S/C23H22N4O2/c1-4-14-27-16(3)19(20(24-23(27)28)17-8-6-5-7-9-17)22-25-21(26-29-22)18-12-10-15(2)11-13-18/h4-13,20H,1,14H2,2-3H3,(H,24,28). The minimum Gasteiger partial charge on any atom is -0.334 e. The number of benzene rings is 2. The van der Waals surface area contributed by atoms with E-state index in [2.05, 4.69) is 22.0 Å². The van der Waals surface area contributed by atoms with E-state index in [1.807, 2.05) is 68.4 Å². The molecule has 0 aliphatic carbocycles. The van der Waals surface area contributed by atoms with Crippen molar-refractivity contribution in [2.75, 3.05) is 6.54 Å². The fourth-order valence-corrected chi connectivity index (χ4v) is 3.46. The lowest BCUT2D eigenvalue weighted by molar-refractivity contribution is 0.209. The summed E-state index contributed by atoms with van der Waals surface area (Å²) in [5.41, 5.74) is 4.53. The van der Waals surface area contributed by atoms with Gasteiger partial charge in [0, 0.05) is 17.8 Å². The summed E-state index contributed by atoms with van der Waals surface area (Å²) in [7, 11) is 0. The van der Waals surface area contributed by atoms with Gasteiger partial charge in [-0.3, -0.25) is 4.90 Å². The maximum atomic E-state index is 12.7. The maximum Gasteiger partial charge on any atom is 0.322 e. The average Bonchev–Trinajstić information content (AvgIpc) is 3.21. The molecule has 146 valence electrons. The summed E-state index contributed by atoms with van der Waals surface area (Å²) >= 11 is 0. The van der Waals surface area contributed by atoms with Gasteiger partial charge in [-0.1, -0.05) is 71.4 Å². The zero-order chi connectivity index (χ0) is 20.4. The summed E-state index contributed by atoms with van der Waals surface area (Å²) in [5.74, 6) is 0.903. The molecule has 0 saturated carbocycles. The quantitative estimate of drug-likeness (QED) is 0.644. The number of aromatic nitrogens is 2. The highest BCUT2D eigenvalue weighted by molar-refractivity contribution is 5.87. The van der Waals surface area contributed by atoms with Crippen molar-refractivity contribution in [1.29, 1.82) is 0 Å². The minimum absolute atomic E-state index is 0.182. The molecule has 2 heterocycles. The number of nitrogens with zero attached hydrogens (tertiary/aromatic N) is 3. The Morgan fingerprint density at radius 1 is 1.14 bits per heavy atom. The molecule has 2 amide bonds. The van der Waals surface area contributed by atoms with Gasteiger partial charge in [-0.2, -0.15) is 4.98 Å². The Hall–Kier alpha value is -3.67. The molecule has 1 aromatic heterocycles. The molecule has 29 heavy (non-hydrogen) atoms. The third kappa shape index (κ3) is 3.57. The maximum absolute atomic E-state index is 12.7. The van der Waals surface area contributed by atoms with E-state index in [1.54, 1.807) is 11.0 Å². The number of rotatable bonds is 5. The summed E-state index contributed by atoms with van der Waals surface area (Å²) in [6.45, 7) is 8.07. The first-order valence-electron chi connectivity index (χ1n) is 9.44. The summed E-state index contributed by atoms with van der Waals surface area (Å²) in [6, 6.07) is 17.2. The first-order valence-corrected chi connectivity index (χ1v) is 9.44. The van der Waals surface area contributed by atoms with Gasteiger partial charge in [0.25, 0.3) is 5.89 Å². The Labute approximate surface area is 169 Å². The number of amides is 2. The summed E-state index contributed by atoms with van der Waals surface area (Å²) in [5, 5.41) is 7.23. The highest BCUT2D eigenvalue weighted by atomic mass is 16.5. The average molecular weight is 386 g/mol. The molecule has 0 spiro atoms. The molecule has 1 aliphatic rings. The molecule has 6 nitrogen and oxygen atoms in total. The lowest BCUT2D eigenvalue weighted by atomic mass is 9.95. The normalized spacial score (nSPS) is 16.7. The van der Waals surface area contributed by atoms with Crippen LogP contribution in [0.1, 0.15) is 30.0 Å². The predicted octanol–water partition coefficient (Wildman–Crippen LogP) is 4.73. The van der Waals surface area contributed by atoms with Crippen LogP contribution in [0.25, 0.3) is 17.0 Å². The molecule has 1 atom stereocenters. The molecular formula is C23H22N4O2. The van der Waals surface area contributed by atoms with Gasteiger partial charge in [-0.15, -0.1) is 6.58 Å². The number of urea groups is 1. The monoisotopic (exact) mass is 386 g/mol. The fraction of sp³-hybridized carbons (Fsp3) is 0.174. The molecule has 0 bridgehead atoms. The second-order valence-electron chi connectivity index (χ2n) is 6.98. The van der Waals surface area contributed by atoms with Crippen molar-refractivity contribution >= 4 is 11.6 Å². The molecule has 0 saturated heterocycles. The third-order valence-electron chi connectivity index (χ3n) is 5.01. The van der Waals surface area contributed by atoms with Gasteiger partial charge in [-0.25, -0.2) is 4.79 Å². The van der Waals surface area contributed by atoms with Crippen molar-refractivity contribution in [2.24, 2.45) is 0 Å². The number of carbonyl (C=O) groups excluding carboxylic acids is 1. The molecule has 6 heteroatoms. The van der Waals surface area contributed by atoms with Gasteiger partial charge >= 0.3 is 6.03 Å². The number of hydrogen-bond acceptors (Lipinski definition) is 4. The van der Waals surface area contributed by atoms with Crippen molar-refractivity contribution in [3.8, 4) is 11.4 Å². The first-order chi connectivity index (χ1) is 14.1. The third-order valence-corrected chi connectivity index (χ3v) is 5.01. The van der Waals surface area contributed by atoms with Crippen LogP contribution in [0.5, 0.6) is 0 Å². The molecule has 1 unspecified atom stereocenters. The largest absolute Gasteiger partial charge is 0.334 e. The van der Waals surface area contributed by atoms with Crippen LogP contribution in [0, 0.1) is 6.92 Å². The molecule has 3 aromatic rings. The number of aryl methyl sites for hydroxylation is 1. The summed E-state index contributed by atoms with van der Waals surface area (Å²) < 4.78 is 5.65. The van der Waals surface area contributed by atoms with E-state index in [-0.39, 0.29) is 12.1 Å². The Kier molecular flexibility index (Phi) is 4.99. The van der Waals surface area contributed by atoms with Crippen LogP contribution in [-0.2, 0) is 0 Å². The zero-order valence-corrected chi connectivity index (χ0v) is 16.4. The van der Waals surface area contributed by atoms with Crippen LogP contribution in [0.2, 0.25) is 0 Å². The second-order valence-corrected chi connectivity index (χ2v) is 6.98. The topological polar surface area (TPSA) is 71.3 Å². The number of hydrogen-bond donors (Lipinski definition) is 1. The van der Waals surface area contributed by atoms with E-state index in [9.17, 15) is 4.79 Å². The SMILES string of the molecule is C=CCN1C(=O)NC(c2ccccc2)C(c2nc(-c3ccc(C)cc3)no2)=C1C. The lowest BCUT2D eigenvalue weighted by Crippen LogP contribution is -2.46. The van der Waals surface area contributed by atoms with Crippen LogP contribution in [-0.4, -0.2) is 27.6 Å². The van der Waals surface area contributed by atoms with E-state index in [0.717, 1.165) is 28.0 Å². The van der Waals surface area contributed by atoms with Gasteiger partial charge in [-0.05, 0) is 19.4 Å². The number of carbonyl (C=O) groups is 1. The van der Waals surface area contributed by atoms with Crippen LogP contribution < -0.4 is 5.32 Å². The van der Waals surface area contributed by atoms with E-state index in [0.29, 0.717) is 18.3 Å². The number of allylic oxidation sites excluding steroid dienone is 1. The fourth-order valence-electron chi connectivity index (χ4n) is 3.46. The van der Waals surface area contributed by atoms with E-state index in [1.165, 1.54) is 0 Å². The van der Waals surface area contributed by atoms with Crippen molar-refractivity contribution in [3.63, 3.8) is 0 Å². The Bertz CT molecular complexity index is 1070. The van der Waals surface area contributed by atoms with Gasteiger partial charge in [0.05, 0.1) is 11.6 Å². The molecule has 4 rings (SSSR count). The molecule has 2 aromatic carbocycles. The molecule has 1 N–H and O–H groups in total. The Balaban J connectivity index is 1.81. The van der Waals surface area contributed by atoms with Crippen LogP contribution in [0.4, 0.5) is 4.79 Å². The van der Waals surface area contributed by atoms with Crippen molar-refractivity contribution in [3.05, 3.63) is 90.0 Å². The highest BCUT2D eigenvalue weighted by Gasteiger charge is 2.35. The van der Waals surface area contributed by atoms with Gasteiger partial charge in [0.15, 0.2) is 0 Å². The molecule has 0 fully saturated rings. The second kappa shape index (κ2) is 7.75. The van der Waals surface area contributed by atoms with Crippen molar-refractivity contribution in [1.82, 2.24) is 20.4 Å². The smallest absolute Gasteiger partial charge is 0.322 e. The van der Waals surface area contributed by atoms with Crippen molar-refractivity contribution in [2.45, 2.75) is 19.9 Å². The van der Waals surface area contributed by atoms with Gasteiger partial charge < -0.3 is 9.84 Å². The minimum atomic E-state index is -0.379. The first kappa shape index (κ1) is 18.7. The van der Waals surface area contributed by atoms with E-state index < -0.39 is 0 Å². The predicted molar refractivity (Wildman–Crippen MR) is 112 cm³/mol. The van der Waals surface area contributed by atoms with Gasteiger partial charge in [0.2, 0.25) is 5.82 Å².